The van der Waals surface area contributed by atoms with E-state index in [0.29, 0.717) is 12.1 Å². The molecule has 0 bridgehead atoms. The topological polar surface area (TPSA) is 36.8 Å². The van der Waals surface area contributed by atoms with E-state index in [4.69, 9.17) is 0 Å². The van der Waals surface area contributed by atoms with Gasteiger partial charge in [0.1, 0.15) is 12.1 Å². The van der Waals surface area contributed by atoms with E-state index >= 15 is 0 Å². The van der Waals surface area contributed by atoms with Crippen LogP contribution >= 0.6 is 0 Å². The average molecular weight is 324 g/mol. The predicted molar refractivity (Wildman–Crippen MR) is 98.5 cm³/mol. The number of benzene rings is 2. The third kappa shape index (κ3) is 3.55. The number of hydrogen-bond acceptors (Lipinski definition) is 1. The van der Waals surface area contributed by atoms with Gasteiger partial charge in [0.05, 0.1) is 5.60 Å². The fourth-order valence-electron chi connectivity index (χ4n) is 4.20. The molecule has 1 aliphatic heterocycles. The Morgan fingerprint density at radius 2 is 1.58 bits per heavy atom. The maximum absolute atomic E-state index is 11.5. The lowest BCUT2D eigenvalue weighted by Crippen LogP contribution is -2.91. The van der Waals surface area contributed by atoms with Crippen LogP contribution in [0.4, 0.5) is 0 Å². The molecular formula is C22H30NO+. The first kappa shape index (κ1) is 17.2. The Morgan fingerprint density at radius 1 is 1.00 bits per heavy atom. The summed E-state index contributed by atoms with van der Waals surface area (Å²) in [4.78, 5) is 0. The van der Waals surface area contributed by atoms with Crippen molar-refractivity contribution in [1.29, 1.82) is 0 Å². The molecule has 0 spiro atoms. The second kappa shape index (κ2) is 7.50. The first-order chi connectivity index (χ1) is 11.6. The number of quaternary nitrogens is 1. The lowest BCUT2D eigenvalue weighted by atomic mass is 9.70. The van der Waals surface area contributed by atoms with Crippen LogP contribution in [0.3, 0.4) is 0 Å². The minimum absolute atomic E-state index is 0.242. The molecule has 1 fully saturated rings. The van der Waals surface area contributed by atoms with Crippen LogP contribution in [0.15, 0.2) is 60.7 Å². The van der Waals surface area contributed by atoms with Crippen molar-refractivity contribution >= 4 is 0 Å². The monoisotopic (exact) mass is 324 g/mol. The SMILES string of the molecule is CCCC[C@@]1(O)C[C@@H](c2ccccc2)[NH2+][C@H](c2ccccc2)[C@@H]1C. The predicted octanol–water partition coefficient (Wildman–Crippen LogP) is 3.99. The van der Waals surface area contributed by atoms with E-state index in [0.717, 1.165) is 25.7 Å². The maximum Gasteiger partial charge on any atom is 0.117 e. The molecule has 0 radical (unpaired) electrons. The summed E-state index contributed by atoms with van der Waals surface area (Å²) in [6.45, 7) is 4.43. The molecule has 0 saturated carbocycles. The van der Waals surface area contributed by atoms with Crippen molar-refractivity contribution in [2.24, 2.45) is 5.92 Å². The summed E-state index contributed by atoms with van der Waals surface area (Å²) < 4.78 is 0. The normalized spacial score (nSPS) is 30.2. The van der Waals surface area contributed by atoms with E-state index in [9.17, 15) is 5.11 Å². The van der Waals surface area contributed by atoms with Gasteiger partial charge < -0.3 is 10.4 Å². The molecule has 1 saturated heterocycles. The molecule has 3 rings (SSSR count). The molecule has 2 aromatic rings. The van der Waals surface area contributed by atoms with Gasteiger partial charge in [-0.15, -0.1) is 0 Å². The number of hydrogen-bond donors (Lipinski definition) is 2. The zero-order chi connectivity index (χ0) is 17.0. The van der Waals surface area contributed by atoms with Crippen molar-refractivity contribution in [3.05, 3.63) is 71.8 Å². The lowest BCUT2D eigenvalue weighted by Gasteiger charge is -2.45. The molecule has 1 aliphatic rings. The minimum Gasteiger partial charge on any atom is -0.389 e. The largest absolute Gasteiger partial charge is 0.389 e. The average Bonchev–Trinajstić information content (AvgIpc) is 2.64. The summed E-state index contributed by atoms with van der Waals surface area (Å²) >= 11 is 0. The Labute approximate surface area is 145 Å². The highest BCUT2D eigenvalue weighted by Crippen LogP contribution is 2.41. The minimum atomic E-state index is -0.591. The number of nitrogens with two attached hydrogens (primary N) is 1. The van der Waals surface area contributed by atoms with E-state index < -0.39 is 5.60 Å². The smallest absolute Gasteiger partial charge is 0.117 e. The third-order valence-electron chi connectivity index (χ3n) is 5.77. The number of unbranched alkanes of at least 4 members (excludes halogenated alkanes) is 1. The van der Waals surface area contributed by atoms with Crippen LogP contribution in [0, 0.1) is 5.92 Å². The summed E-state index contributed by atoms with van der Waals surface area (Å²) in [6.07, 6.45) is 3.95. The molecule has 128 valence electrons. The summed E-state index contributed by atoms with van der Waals surface area (Å²) in [6, 6.07) is 21.9. The molecule has 0 aliphatic carbocycles. The van der Waals surface area contributed by atoms with Crippen molar-refractivity contribution in [2.45, 2.75) is 57.2 Å². The fraction of sp³-hybridized carbons (Fsp3) is 0.455. The van der Waals surface area contributed by atoms with Gasteiger partial charge in [-0.2, -0.15) is 0 Å². The van der Waals surface area contributed by atoms with Crippen molar-refractivity contribution < 1.29 is 10.4 Å². The van der Waals surface area contributed by atoms with Crippen molar-refractivity contribution in [1.82, 2.24) is 0 Å². The standard InChI is InChI=1S/C22H29NO/c1-3-4-15-22(24)16-20(18-11-7-5-8-12-18)23-21(17(22)2)19-13-9-6-10-14-19/h5-14,17,20-21,23-24H,3-4,15-16H2,1-2H3/p+1/t17-,20-,21-,22+/m0/s1. The van der Waals surface area contributed by atoms with Crippen LogP contribution in [0.25, 0.3) is 0 Å². The van der Waals surface area contributed by atoms with Crippen LogP contribution < -0.4 is 5.32 Å². The maximum atomic E-state index is 11.5. The molecule has 0 aromatic heterocycles. The van der Waals surface area contributed by atoms with Gasteiger partial charge in [-0.1, -0.05) is 87.4 Å². The van der Waals surface area contributed by atoms with Crippen LogP contribution in [-0.4, -0.2) is 10.7 Å². The van der Waals surface area contributed by atoms with E-state index in [1.54, 1.807) is 0 Å². The summed E-state index contributed by atoms with van der Waals surface area (Å²) in [5, 5.41) is 14.0. The molecule has 24 heavy (non-hydrogen) atoms. The zero-order valence-electron chi connectivity index (χ0n) is 14.9. The van der Waals surface area contributed by atoms with E-state index in [2.05, 4.69) is 79.8 Å². The second-order valence-electron chi connectivity index (χ2n) is 7.35. The van der Waals surface area contributed by atoms with Crippen molar-refractivity contribution in [3.8, 4) is 0 Å². The second-order valence-corrected chi connectivity index (χ2v) is 7.35. The summed E-state index contributed by atoms with van der Waals surface area (Å²) in [5.41, 5.74) is 2.05. The van der Waals surface area contributed by atoms with Gasteiger partial charge in [-0.05, 0) is 6.42 Å². The molecule has 0 unspecified atom stereocenters. The summed E-state index contributed by atoms with van der Waals surface area (Å²) in [5.74, 6) is 0.242. The molecule has 2 nitrogen and oxygen atoms in total. The highest BCUT2D eigenvalue weighted by Gasteiger charge is 2.48. The van der Waals surface area contributed by atoms with Crippen LogP contribution in [0.5, 0.6) is 0 Å². The van der Waals surface area contributed by atoms with E-state index in [1.165, 1.54) is 11.1 Å². The van der Waals surface area contributed by atoms with Gasteiger partial charge in [0, 0.05) is 23.5 Å². The fourth-order valence-corrected chi connectivity index (χ4v) is 4.20. The molecule has 2 aromatic carbocycles. The summed E-state index contributed by atoms with van der Waals surface area (Å²) in [7, 11) is 0. The van der Waals surface area contributed by atoms with Crippen LogP contribution in [-0.2, 0) is 0 Å². The zero-order valence-corrected chi connectivity index (χ0v) is 14.9. The lowest BCUT2D eigenvalue weighted by molar-refractivity contribution is -0.756. The quantitative estimate of drug-likeness (QED) is 0.857. The number of rotatable bonds is 5. The van der Waals surface area contributed by atoms with Gasteiger partial charge in [0.2, 0.25) is 0 Å². The first-order valence-corrected chi connectivity index (χ1v) is 9.31. The van der Waals surface area contributed by atoms with Gasteiger partial charge in [0.25, 0.3) is 0 Å². The van der Waals surface area contributed by atoms with Crippen molar-refractivity contribution in [2.75, 3.05) is 0 Å². The van der Waals surface area contributed by atoms with E-state index in [-0.39, 0.29) is 5.92 Å². The molecule has 4 atom stereocenters. The van der Waals surface area contributed by atoms with Gasteiger partial charge in [-0.25, -0.2) is 0 Å². The number of piperidine rings is 1. The van der Waals surface area contributed by atoms with E-state index in [1.807, 2.05) is 0 Å². The molecule has 3 N–H and O–H groups in total. The highest BCUT2D eigenvalue weighted by molar-refractivity contribution is 5.22. The van der Waals surface area contributed by atoms with Crippen molar-refractivity contribution in [3.63, 3.8) is 0 Å². The molecule has 2 heteroatoms. The van der Waals surface area contributed by atoms with Gasteiger partial charge in [-0.3, -0.25) is 0 Å². The Hall–Kier alpha value is -1.64. The Bertz CT molecular complexity index is 627. The van der Waals surface area contributed by atoms with Crippen LogP contribution in [0.2, 0.25) is 0 Å². The molecule has 1 heterocycles. The Balaban J connectivity index is 1.93. The van der Waals surface area contributed by atoms with Gasteiger partial charge >= 0.3 is 0 Å². The Morgan fingerprint density at radius 3 is 2.17 bits per heavy atom. The third-order valence-corrected chi connectivity index (χ3v) is 5.77. The Kier molecular flexibility index (Phi) is 5.37. The first-order valence-electron chi connectivity index (χ1n) is 9.31. The molecule has 0 amide bonds. The number of aliphatic hydroxyl groups is 1. The van der Waals surface area contributed by atoms with Gasteiger partial charge in [0.15, 0.2) is 0 Å². The van der Waals surface area contributed by atoms with Crippen LogP contribution in [0.1, 0.15) is 62.7 Å². The highest BCUT2D eigenvalue weighted by atomic mass is 16.3. The molecular weight excluding hydrogens is 294 g/mol.